The van der Waals surface area contributed by atoms with Gasteiger partial charge in [0, 0.05) is 19.5 Å². The molecule has 140 valence electrons. The SMILES string of the molecule is O=C(O)CNC(=O)C1C(=O)CCN(Cc2ccc(OCCO)cc2)C1=O. The van der Waals surface area contributed by atoms with E-state index in [0.29, 0.717) is 5.75 Å². The summed E-state index contributed by atoms with van der Waals surface area (Å²) in [4.78, 5) is 48.3. The lowest BCUT2D eigenvalue weighted by Crippen LogP contribution is -2.52. The number of likely N-dealkylation sites (tertiary alicyclic amines) is 1. The van der Waals surface area contributed by atoms with Crippen molar-refractivity contribution in [1.82, 2.24) is 10.2 Å². The number of Topliss-reactive ketones (excluding diaryl/α,β-unsaturated/α-hetero) is 1. The number of carboxylic acids is 1. The van der Waals surface area contributed by atoms with Gasteiger partial charge in [0.2, 0.25) is 11.8 Å². The molecular formula is C17H20N2O7. The topological polar surface area (TPSA) is 133 Å². The third kappa shape index (κ3) is 5.03. The highest BCUT2D eigenvalue weighted by atomic mass is 16.5. The van der Waals surface area contributed by atoms with Crippen molar-refractivity contribution < 1.29 is 34.1 Å². The summed E-state index contributed by atoms with van der Waals surface area (Å²) in [5, 5.41) is 19.4. The van der Waals surface area contributed by atoms with E-state index in [-0.39, 0.29) is 32.7 Å². The average Bonchev–Trinajstić information content (AvgIpc) is 2.62. The maximum atomic E-state index is 12.5. The van der Waals surface area contributed by atoms with Crippen LogP contribution in [0.1, 0.15) is 12.0 Å². The lowest BCUT2D eigenvalue weighted by Gasteiger charge is -2.30. The second-order valence-corrected chi connectivity index (χ2v) is 5.74. The first-order valence-corrected chi connectivity index (χ1v) is 8.06. The molecule has 0 aromatic heterocycles. The van der Waals surface area contributed by atoms with Gasteiger partial charge < -0.3 is 25.2 Å². The van der Waals surface area contributed by atoms with Crippen LogP contribution in [0.25, 0.3) is 0 Å². The average molecular weight is 364 g/mol. The summed E-state index contributed by atoms with van der Waals surface area (Å²) in [7, 11) is 0. The van der Waals surface area contributed by atoms with E-state index in [4.69, 9.17) is 14.9 Å². The van der Waals surface area contributed by atoms with Gasteiger partial charge >= 0.3 is 5.97 Å². The molecule has 2 rings (SSSR count). The van der Waals surface area contributed by atoms with Gasteiger partial charge in [-0.2, -0.15) is 0 Å². The zero-order chi connectivity index (χ0) is 19.1. The molecule has 1 aromatic carbocycles. The Labute approximate surface area is 149 Å². The number of hydrogen-bond acceptors (Lipinski definition) is 6. The second-order valence-electron chi connectivity index (χ2n) is 5.74. The highest BCUT2D eigenvalue weighted by Crippen LogP contribution is 2.19. The lowest BCUT2D eigenvalue weighted by molar-refractivity contribution is -0.152. The number of nitrogens with zero attached hydrogens (tertiary/aromatic N) is 1. The van der Waals surface area contributed by atoms with Gasteiger partial charge in [0.25, 0.3) is 0 Å². The Morgan fingerprint density at radius 2 is 1.92 bits per heavy atom. The number of nitrogens with one attached hydrogen (secondary N) is 1. The fraction of sp³-hybridized carbons (Fsp3) is 0.412. The molecule has 1 aliphatic heterocycles. The molecule has 9 heteroatoms. The van der Waals surface area contributed by atoms with Crippen molar-refractivity contribution in [2.24, 2.45) is 5.92 Å². The first-order chi connectivity index (χ1) is 12.4. The summed E-state index contributed by atoms with van der Waals surface area (Å²) in [6.07, 6.45) is 0.0363. The number of ether oxygens (including phenoxy) is 1. The van der Waals surface area contributed by atoms with Crippen LogP contribution in [0.5, 0.6) is 5.75 Å². The summed E-state index contributed by atoms with van der Waals surface area (Å²) in [6, 6.07) is 6.88. The number of aliphatic carboxylic acids is 1. The molecule has 26 heavy (non-hydrogen) atoms. The van der Waals surface area contributed by atoms with E-state index in [1.54, 1.807) is 24.3 Å². The van der Waals surface area contributed by atoms with Crippen LogP contribution in [-0.4, -0.2) is 65.0 Å². The van der Waals surface area contributed by atoms with Crippen molar-refractivity contribution in [3.05, 3.63) is 29.8 Å². The molecule has 0 spiro atoms. The van der Waals surface area contributed by atoms with Crippen LogP contribution < -0.4 is 10.1 Å². The van der Waals surface area contributed by atoms with E-state index in [0.717, 1.165) is 5.56 Å². The minimum atomic E-state index is -1.50. The molecule has 1 aromatic rings. The van der Waals surface area contributed by atoms with Crippen LogP contribution in [0.4, 0.5) is 0 Å². The van der Waals surface area contributed by atoms with Gasteiger partial charge in [-0.1, -0.05) is 12.1 Å². The summed E-state index contributed by atoms with van der Waals surface area (Å²) in [5.41, 5.74) is 0.786. The molecule has 0 aliphatic carbocycles. The smallest absolute Gasteiger partial charge is 0.322 e. The van der Waals surface area contributed by atoms with Crippen molar-refractivity contribution in [2.75, 3.05) is 26.3 Å². The van der Waals surface area contributed by atoms with Crippen LogP contribution in [0.2, 0.25) is 0 Å². The van der Waals surface area contributed by atoms with E-state index in [1.165, 1.54) is 4.90 Å². The molecule has 1 fully saturated rings. The molecule has 3 N–H and O–H groups in total. The van der Waals surface area contributed by atoms with Gasteiger partial charge in [-0.3, -0.25) is 19.2 Å². The number of hydrogen-bond donors (Lipinski definition) is 3. The van der Waals surface area contributed by atoms with Crippen molar-refractivity contribution in [2.45, 2.75) is 13.0 Å². The lowest BCUT2D eigenvalue weighted by atomic mass is 9.94. The van der Waals surface area contributed by atoms with Gasteiger partial charge in [-0.25, -0.2) is 0 Å². The maximum absolute atomic E-state index is 12.5. The molecule has 1 aliphatic rings. The molecule has 1 unspecified atom stereocenters. The molecule has 1 heterocycles. The zero-order valence-electron chi connectivity index (χ0n) is 14.0. The second kappa shape index (κ2) is 8.95. The summed E-state index contributed by atoms with van der Waals surface area (Å²) >= 11 is 0. The minimum absolute atomic E-state index is 0.0363. The van der Waals surface area contributed by atoms with Crippen LogP contribution >= 0.6 is 0 Å². The van der Waals surface area contributed by atoms with E-state index >= 15 is 0 Å². The number of carbonyl (C=O) groups is 4. The number of piperidine rings is 1. The number of benzene rings is 1. The highest BCUT2D eigenvalue weighted by Gasteiger charge is 2.40. The molecule has 0 bridgehead atoms. The number of ketones is 1. The molecule has 1 atom stereocenters. The molecule has 1 saturated heterocycles. The first kappa shape index (κ1) is 19.4. The molecule has 0 radical (unpaired) electrons. The van der Waals surface area contributed by atoms with Crippen molar-refractivity contribution >= 4 is 23.6 Å². The van der Waals surface area contributed by atoms with Gasteiger partial charge in [0.05, 0.1) is 6.61 Å². The Kier molecular flexibility index (Phi) is 6.67. The number of carbonyl (C=O) groups excluding carboxylic acids is 3. The Balaban J connectivity index is 2.01. The normalized spacial score (nSPS) is 17.1. The van der Waals surface area contributed by atoms with Gasteiger partial charge in [-0.15, -0.1) is 0 Å². The van der Waals surface area contributed by atoms with E-state index in [1.807, 2.05) is 0 Å². The third-order valence-corrected chi connectivity index (χ3v) is 3.84. The number of aliphatic hydroxyl groups is 1. The molecule has 2 amide bonds. The predicted octanol–water partition coefficient (Wildman–Crippen LogP) is -0.824. The predicted molar refractivity (Wildman–Crippen MR) is 88.2 cm³/mol. The zero-order valence-corrected chi connectivity index (χ0v) is 14.0. The fourth-order valence-corrected chi connectivity index (χ4v) is 2.58. The van der Waals surface area contributed by atoms with Gasteiger partial charge in [0.1, 0.15) is 18.9 Å². The number of aliphatic hydroxyl groups excluding tert-OH is 1. The Hall–Kier alpha value is -2.94. The van der Waals surface area contributed by atoms with Gasteiger partial charge in [0.15, 0.2) is 11.7 Å². The fourth-order valence-electron chi connectivity index (χ4n) is 2.58. The van der Waals surface area contributed by atoms with Crippen molar-refractivity contribution in [3.63, 3.8) is 0 Å². The van der Waals surface area contributed by atoms with E-state index < -0.39 is 36.0 Å². The maximum Gasteiger partial charge on any atom is 0.322 e. The Bertz CT molecular complexity index is 687. The largest absolute Gasteiger partial charge is 0.491 e. The Morgan fingerprint density at radius 3 is 2.54 bits per heavy atom. The minimum Gasteiger partial charge on any atom is -0.491 e. The first-order valence-electron chi connectivity index (χ1n) is 8.06. The number of amides is 2. The highest BCUT2D eigenvalue weighted by molar-refractivity contribution is 6.19. The van der Waals surface area contributed by atoms with Crippen molar-refractivity contribution in [1.29, 1.82) is 0 Å². The number of rotatable bonds is 8. The summed E-state index contributed by atoms with van der Waals surface area (Å²) in [5.74, 6) is -4.22. The summed E-state index contributed by atoms with van der Waals surface area (Å²) in [6.45, 7) is -0.147. The monoisotopic (exact) mass is 364 g/mol. The molecule has 9 nitrogen and oxygen atoms in total. The third-order valence-electron chi connectivity index (χ3n) is 3.84. The van der Waals surface area contributed by atoms with Crippen LogP contribution in [0.15, 0.2) is 24.3 Å². The van der Waals surface area contributed by atoms with Crippen LogP contribution in [0.3, 0.4) is 0 Å². The van der Waals surface area contributed by atoms with Gasteiger partial charge in [-0.05, 0) is 17.7 Å². The quantitative estimate of drug-likeness (QED) is 0.513. The number of carboxylic acid groups (broad SMARTS) is 1. The summed E-state index contributed by atoms with van der Waals surface area (Å²) < 4.78 is 5.25. The van der Waals surface area contributed by atoms with E-state index in [9.17, 15) is 19.2 Å². The van der Waals surface area contributed by atoms with Crippen LogP contribution in [0, 0.1) is 5.92 Å². The standard InChI is InChI=1S/C17H20N2O7/c20-7-8-26-12-3-1-11(2-4-12)10-19-6-5-13(21)15(17(19)25)16(24)18-9-14(22)23/h1-4,15,20H,5-10H2,(H,18,24)(H,22,23). The Morgan fingerprint density at radius 1 is 1.23 bits per heavy atom. The van der Waals surface area contributed by atoms with Crippen LogP contribution in [-0.2, 0) is 25.7 Å². The molecular weight excluding hydrogens is 344 g/mol. The molecule has 0 saturated carbocycles. The van der Waals surface area contributed by atoms with Crippen molar-refractivity contribution in [3.8, 4) is 5.75 Å². The van der Waals surface area contributed by atoms with E-state index in [2.05, 4.69) is 5.32 Å².